The number of aromatic nitrogens is 3. The average molecular weight is 440 g/mol. The van der Waals surface area contributed by atoms with E-state index >= 15 is 0 Å². The van der Waals surface area contributed by atoms with Gasteiger partial charge in [0.2, 0.25) is 0 Å². The molecule has 0 amide bonds. The fraction of sp³-hybridized carbons (Fsp3) is 0.192. The summed E-state index contributed by atoms with van der Waals surface area (Å²) in [7, 11) is 0. The molecule has 1 aliphatic heterocycles. The molecule has 4 heterocycles. The highest BCUT2D eigenvalue weighted by Crippen LogP contribution is 2.43. The van der Waals surface area contributed by atoms with Gasteiger partial charge < -0.3 is 14.8 Å². The largest absolute Gasteiger partial charge is 0.351 e. The van der Waals surface area contributed by atoms with E-state index in [1.807, 2.05) is 36.8 Å². The van der Waals surface area contributed by atoms with E-state index in [-0.39, 0.29) is 12.1 Å². The zero-order chi connectivity index (χ0) is 22.1. The molecule has 2 atom stereocenters. The first-order chi connectivity index (χ1) is 15.6. The van der Waals surface area contributed by atoms with Crippen LogP contribution in [0.5, 0.6) is 0 Å². The fourth-order valence-corrected chi connectivity index (χ4v) is 4.92. The van der Waals surface area contributed by atoms with Crippen molar-refractivity contribution in [2.75, 3.05) is 4.90 Å². The summed E-state index contributed by atoms with van der Waals surface area (Å²) in [5.41, 5.74) is 7.00. The third-order valence-electron chi connectivity index (χ3n) is 6.15. The number of aryl methyl sites for hydroxylation is 1. The molecule has 0 bridgehead atoms. The van der Waals surface area contributed by atoms with Gasteiger partial charge in [0.25, 0.3) is 0 Å². The van der Waals surface area contributed by atoms with Crippen molar-refractivity contribution in [2.45, 2.75) is 32.5 Å². The molecule has 1 aromatic carbocycles. The first kappa shape index (κ1) is 20.4. The van der Waals surface area contributed by atoms with E-state index < -0.39 is 0 Å². The third-order valence-corrected chi connectivity index (χ3v) is 6.47. The van der Waals surface area contributed by atoms with Crippen molar-refractivity contribution >= 4 is 23.0 Å². The van der Waals surface area contributed by atoms with Crippen molar-refractivity contribution in [3.63, 3.8) is 0 Å². The molecule has 5 rings (SSSR count). The summed E-state index contributed by atoms with van der Waals surface area (Å²) < 4.78 is 2.37. The van der Waals surface area contributed by atoms with Crippen LogP contribution in [0.3, 0.4) is 0 Å². The SMILES string of the molecule is Cc1cc([C@@H]2[C@H](c3ccccn3)NC(=S)N2c2ccccc2)c(C)n1Cc1ccncc1. The second kappa shape index (κ2) is 8.55. The molecule has 160 valence electrons. The monoisotopic (exact) mass is 439 g/mol. The highest BCUT2D eigenvalue weighted by molar-refractivity contribution is 7.80. The number of benzene rings is 1. The van der Waals surface area contributed by atoms with Gasteiger partial charge >= 0.3 is 0 Å². The van der Waals surface area contributed by atoms with Crippen LogP contribution in [-0.2, 0) is 6.54 Å². The molecule has 1 fully saturated rings. The molecular weight excluding hydrogens is 414 g/mol. The van der Waals surface area contributed by atoms with Crippen LogP contribution in [0.2, 0.25) is 0 Å². The standard InChI is InChI=1S/C26H25N5S/c1-18-16-22(19(2)30(18)17-20-11-14-27-15-12-20)25-24(23-10-6-7-13-28-23)29-26(32)31(25)21-8-4-3-5-9-21/h3-16,24-25H,17H2,1-2H3,(H,29,32)/t24-,25+/m0/s1. The number of nitrogens with one attached hydrogen (secondary N) is 1. The second-order valence-corrected chi connectivity index (χ2v) is 8.49. The molecule has 4 aromatic rings. The zero-order valence-electron chi connectivity index (χ0n) is 18.1. The van der Waals surface area contributed by atoms with Crippen LogP contribution in [-0.4, -0.2) is 19.6 Å². The van der Waals surface area contributed by atoms with E-state index in [1.165, 1.54) is 22.5 Å². The number of para-hydroxylation sites is 1. The van der Waals surface area contributed by atoms with E-state index in [2.05, 4.69) is 87.1 Å². The minimum absolute atomic E-state index is 0.00260. The van der Waals surface area contributed by atoms with Crippen LogP contribution in [0.4, 0.5) is 5.69 Å². The summed E-state index contributed by atoms with van der Waals surface area (Å²) in [4.78, 5) is 11.0. The van der Waals surface area contributed by atoms with Gasteiger partial charge in [0.05, 0.1) is 17.8 Å². The van der Waals surface area contributed by atoms with Gasteiger partial charge in [-0.05, 0) is 79.7 Å². The molecule has 32 heavy (non-hydrogen) atoms. The highest BCUT2D eigenvalue weighted by Gasteiger charge is 2.42. The fourth-order valence-electron chi connectivity index (χ4n) is 4.58. The van der Waals surface area contributed by atoms with Gasteiger partial charge in [-0.1, -0.05) is 24.3 Å². The second-order valence-electron chi connectivity index (χ2n) is 8.10. The van der Waals surface area contributed by atoms with Crippen LogP contribution >= 0.6 is 12.2 Å². The molecule has 6 heteroatoms. The predicted molar refractivity (Wildman–Crippen MR) is 132 cm³/mol. The lowest BCUT2D eigenvalue weighted by Gasteiger charge is -2.28. The average Bonchev–Trinajstić information content (AvgIpc) is 3.32. The van der Waals surface area contributed by atoms with Crippen LogP contribution in [0.15, 0.2) is 85.3 Å². The first-order valence-corrected chi connectivity index (χ1v) is 11.2. The highest BCUT2D eigenvalue weighted by atomic mass is 32.1. The minimum Gasteiger partial charge on any atom is -0.351 e. The van der Waals surface area contributed by atoms with Crippen molar-refractivity contribution in [3.8, 4) is 0 Å². The van der Waals surface area contributed by atoms with Gasteiger partial charge in [0, 0.05) is 42.2 Å². The van der Waals surface area contributed by atoms with Gasteiger partial charge in [0.15, 0.2) is 5.11 Å². The molecule has 1 saturated heterocycles. The molecule has 1 aliphatic rings. The number of thiocarbonyl (C=S) groups is 1. The van der Waals surface area contributed by atoms with E-state index in [4.69, 9.17) is 12.2 Å². The number of hydrogen-bond acceptors (Lipinski definition) is 3. The van der Waals surface area contributed by atoms with E-state index in [0.717, 1.165) is 23.0 Å². The molecule has 0 radical (unpaired) electrons. The summed E-state index contributed by atoms with van der Waals surface area (Å²) in [6.07, 6.45) is 5.53. The lowest BCUT2D eigenvalue weighted by molar-refractivity contribution is 0.563. The molecule has 5 nitrogen and oxygen atoms in total. The minimum atomic E-state index is -0.0428. The Morgan fingerprint density at radius 1 is 0.938 bits per heavy atom. The van der Waals surface area contributed by atoms with Crippen LogP contribution < -0.4 is 10.2 Å². The van der Waals surface area contributed by atoms with Gasteiger partial charge in [-0.25, -0.2) is 0 Å². The Kier molecular flexibility index (Phi) is 5.45. The van der Waals surface area contributed by atoms with E-state index in [0.29, 0.717) is 0 Å². The lowest BCUT2D eigenvalue weighted by atomic mass is 9.96. The number of nitrogens with zero attached hydrogens (tertiary/aromatic N) is 4. The summed E-state index contributed by atoms with van der Waals surface area (Å²) >= 11 is 5.84. The quantitative estimate of drug-likeness (QED) is 0.437. The maximum absolute atomic E-state index is 5.84. The van der Waals surface area contributed by atoms with Crippen molar-refractivity contribution in [2.24, 2.45) is 0 Å². The molecule has 0 saturated carbocycles. The summed E-state index contributed by atoms with van der Waals surface area (Å²) in [6, 6.07) is 22.8. The molecule has 0 aliphatic carbocycles. The Morgan fingerprint density at radius 2 is 1.69 bits per heavy atom. The number of hydrogen-bond donors (Lipinski definition) is 1. The van der Waals surface area contributed by atoms with Gasteiger partial charge in [-0.3, -0.25) is 9.97 Å². The molecular formula is C26H25N5S. The Hall–Kier alpha value is -3.51. The van der Waals surface area contributed by atoms with Gasteiger partial charge in [-0.15, -0.1) is 0 Å². The predicted octanol–water partition coefficient (Wildman–Crippen LogP) is 5.12. The van der Waals surface area contributed by atoms with Crippen molar-refractivity contribution in [3.05, 3.63) is 114 Å². The number of rotatable bonds is 5. The topological polar surface area (TPSA) is 46.0 Å². The van der Waals surface area contributed by atoms with E-state index in [1.54, 1.807) is 0 Å². The van der Waals surface area contributed by atoms with Gasteiger partial charge in [-0.2, -0.15) is 0 Å². The number of pyridine rings is 2. The van der Waals surface area contributed by atoms with Gasteiger partial charge in [0.1, 0.15) is 0 Å². The Balaban J connectivity index is 1.62. The first-order valence-electron chi connectivity index (χ1n) is 10.7. The number of anilines is 1. The molecule has 1 N–H and O–H groups in total. The van der Waals surface area contributed by atoms with Crippen molar-refractivity contribution < 1.29 is 0 Å². The Morgan fingerprint density at radius 3 is 2.41 bits per heavy atom. The van der Waals surface area contributed by atoms with Crippen LogP contribution in [0, 0.1) is 13.8 Å². The molecule has 0 spiro atoms. The maximum Gasteiger partial charge on any atom is 0.174 e. The van der Waals surface area contributed by atoms with Crippen LogP contribution in [0.1, 0.15) is 40.3 Å². The van der Waals surface area contributed by atoms with Crippen molar-refractivity contribution in [1.29, 1.82) is 0 Å². The third kappa shape index (κ3) is 3.67. The molecule has 3 aromatic heterocycles. The zero-order valence-corrected chi connectivity index (χ0v) is 19.0. The smallest absolute Gasteiger partial charge is 0.174 e. The molecule has 0 unspecified atom stereocenters. The lowest BCUT2D eigenvalue weighted by Crippen LogP contribution is -2.29. The van der Waals surface area contributed by atoms with E-state index in [9.17, 15) is 0 Å². The summed E-state index contributed by atoms with van der Waals surface area (Å²) in [5.74, 6) is 0. The normalized spacial score (nSPS) is 18.1. The Labute approximate surface area is 193 Å². The maximum atomic E-state index is 5.84. The summed E-state index contributed by atoms with van der Waals surface area (Å²) in [6.45, 7) is 5.18. The van der Waals surface area contributed by atoms with Crippen molar-refractivity contribution in [1.82, 2.24) is 19.9 Å². The summed E-state index contributed by atoms with van der Waals surface area (Å²) in [5, 5.41) is 4.27. The van der Waals surface area contributed by atoms with Crippen LogP contribution in [0.25, 0.3) is 0 Å². The Bertz CT molecular complexity index is 1220.